The molecule has 1 fully saturated rings. The number of rotatable bonds is 3. The van der Waals surface area contributed by atoms with Gasteiger partial charge in [0, 0.05) is 29.9 Å². The molecule has 0 radical (unpaired) electrons. The Hall–Kier alpha value is -1.61. The lowest BCUT2D eigenvalue weighted by atomic mass is 10.0. The Morgan fingerprint density at radius 1 is 1.30 bits per heavy atom. The number of hydrogen-bond donors (Lipinski definition) is 1. The van der Waals surface area contributed by atoms with Crippen molar-refractivity contribution in [3.8, 4) is 0 Å². The van der Waals surface area contributed by atoms with Gasteiger partial charge in [-0.3, -0.25) is 4.98 Å². The molecule has 1 saturated heterocycles. The molecule has 1 unspecified atom stereocenters. The van der Waals surface area contributed by atoms with Crippen molar-refractivity contribution in [1.29, 1.82) is 0 Å². The summed E-state index contributed by atoms with van der Waals surface area (Å²) in [6.07, 6.45) is 5.86. The van der Waals surface area contributed by atoms with Crippen LogP contribution in [0.2, 0.25) is 0 Å². The molecule has 1 atom stereocenters. The van der Waals surface area contributed by atoms with Crippen molar-refractivity contribution < 1.29 is 0 Å². The van der Waals surface area contributed by atoms with Gasteiger partial charge in [0.2, 0.25) is 0 Å². The van der Waals surface area contributed by atoms with Crippen molar-refractivity contribution in [2.45, 2.75) is 32.2 Å². The summed E-state index contributed by atoms with van der Waals surface area (Å²) in [6, 6.07) is 9.16. The third-order valence-electron chi connectivity index (χ3n) is 4.42. The molecule has 1 N–H and O–H groups in total. The highest BCUT2D eigenvalue weighted by atomic mass is 15.2. The fraction of sp³-hybridized carbons (Fsp3) is 0.471. The van der Waals surface area contributed by atoms with Gasteiger partial charge in [-0.25, -0.2) is 0 Å². The molecule has 0 aliphatic carbocycles. The van der Waals surface area contributed by atoms with Crippen LogP contribution in [0.1, 0.15) is 24.8 Å². The molecule has 2 heterocycles. The number of likely N-dealkylation sites (N-methyl/N-ethyl adjacent to an activating group) is 1. The fourth-order valence-corrected chi connectivity index (χ4v) is 3.10. The molecule has 0 saturated carbocycles. The monoisotopic (exact) mass is 269 g/mol. The van der Waals surface area contributed by atoms with Gasteiger partial charge in [-0.2, -0.15) is 0 Å². The van der Waals surface area contributed by atoms with Crippen molar-refractivity contribution in [3.05, 3.63) is 36.0 Å². The van der Waals surface area contributed by atoms with E-state index in [9.17, 15) is 0 Å². The van der Waals surface area contributed by atoms with E-state index in [1.807, 2.05) is 12.3 Å². The lowest BCUT2D eigenvalue weighted by Gasteiger charge is -2.32. The largest absolute Gasteiger partial charge is 0.383 e. The molecule has 2 aromatic rings. The number of pyridine rings is 1. The number of anilines is 1. The van der Waals surface area contributed by atoms with Gasteiger partial charge in [-0.15, -0.1) is 0 Å². The van der Waals surface area contributed by atoms with Crippen LogP contribution in [0.5, 0.6) is 0 Å². The van der Waals surface area contributed by atoms with Crippen molar-refractivity contribution in [3.63, 3.8) is 0 Å². The summed E-state index contributed by atoms with van der Waals surface area (Å²) in [4.78, 5) is 6.98. The topological polar surface area (TPSA) is 28.2 Å². The SMILES string of the molecule is Cc1ccc(NCC2CCCCN2C)c2cccnc12. The molecule has 3 rings (SSSR count). The zero-order chi connectivity index (χ0) is 13.9. The molecule has 1 aliphatic heterocycles. The van der Waals surface area contributed by atoms with E-state index in [0.29, 0.717) is 6.04 Å². The molecular formula is C17H23N3. The minimum Gasteiger partial charge on any atom is -0.383 e. The first-order chi connectivity index (χ1) is 9.75. The summed E-state index contributed by atoms with van der Waals surface area (Å²) in [6.45, 7) is 4.36. The minimum absolute atomic E-state index is 0.650. The maximum Gasteiger partial charge on any atom is 0.0751 e. The summed E-state index contributed by atoms with van der Waals surface area (Å²) in [7, 11) is 2.24. The zero-order valence-electron chi connectivity index (χ0n) is 12.4. The van der Waals surface area contributed by atoms with Crippen LogP contribution in [0.4, 0.5) is 5.69 Å². The summed E-state index contributed by atoms with van der Waals surface area (Å²) in [5.74, 6) is 0. The second kappa shape index (κ2) is 5.80. The summed E-state index contributed by atoms with van der Waals surface area (Å²) in [5.41, 5.74) is 3.55. The van der Waals surface area contributed by atoms with Crippen molar-refractivity contribution in [2.75, 3.05) is 25.5 Å². The van der Waals surface area contributed by atoms with Crippen LogP contribution in [0.15, 0.2) is 30.5 Å². The number of aryl methyl sites for hydroxylation is 1. The number of nitrogens with zero attached hydrogens (tertiary/aromatic N) is 2. The van der Waals surface area contributed by atoms with Crippen LogP contribution < -0.4 is 5.32 Å². The summed E-state index contributed by atoms with van der Waals surface area (Å²) in [5, 5.41) is 4.86. The van der Waals surface area contributed by atoms with E-state index in [1.54, 1.807) is 0 Å². The highest BCUT2D eigenvalue weighted by Crippen LogP contribution is 2.25. The Morgan fingerprint density at radius 3 is 3.05 bits per heavy atom. The number of fused-ring (bicyclic) bond motifs is 1. The molecule has 1 aliphatic rings. The van der Waals surface area contributed by atoms with Crippen molar-refractivity contribution in [1.82, 2.24) is 9.88 Å². The van der Waals surface area contributed by atoms with Crippen LogP contribution in [-0.2, 0) is 0 Å². The molecule has 106 valence electrons. The Morgan fingerprint density at radius 2 is 2.20 bits per heavy atom. The molecule has 3 heteroatoms. The highest BCUT2D eigenvalue weighted by molar-refractivity contribution is 5.93. The molecular weight excluding hydrogens is 246 g/mol. The Kier molecular flexibility index (Phi) is 3.88. The zero-order valence-corrected chi connectivity index (χ0v) is 12.4. The highest BCUT2D eigenvalue weighted by Gasteiger charge is 2.18. The Bertz CT molecular complexity index is 594. The van der Waals surface area contributed by atoms with Gasteiger partial charge < -0.3 is 10.2 Å². The average Bonchev–Trinajstić information content (AvgIpc) is 2.48. The van der Waals surface area contributed by atoms with Gasteiger partial charge in [0.1, 0.15) is 0 Å². The molecule has 20 heavy (non-hydrogen) atoms. The normalized spacial score (nSPS) is 20.2. The molecule has 3 nitrogen and oxygen atoms in total. The maximum absolute atomic E-state index is 4.50. The Balaban J connectivity index is 1.79. The van der Waals surface area contributed by atoms with Crippen LogP contribution in [0.25, 0.3) is 10.9 Å². The average molecular weight is 269 g/mol. The third kappa shape index (κ3) is 2.63. The van der Waals surface area contributed by atoms with E-state index >= 15 is 0 Å². The van der Waals surface area contributed by atoms with Gasteiger partial charge in [-0.05, 0) is 57.1 Å². The predicted molar refractivity (Wildman–Crippen MR) is 85.2 cm³/mol. The number of likely N-dealkylation sites (tertiary alicyclic amines) is 1. The van der Waals surface area contributed by atoms with Crippen LogP contribution in [0, 0.1) is 6.92 Å². The van der Waals surface area contributed by atoms with Crippen LogP contribution >= 0.6 is 0 Å². The van der Waals surface area contributed by atoms with Gasteiger partial charge in [0.15, 0.2) is 0 Å². The minimum atomic E-state index is 0.650. The summed E-state index contributed by atoms with van der Waals surface area (Å²) < 4.78 is 0. The van der Waals surface area contributed by atoms with E-state index in [1.165, 1.54) is 42.4 Å². The van der Waals surface area contributed by atoms with Gasteiger partial charge in [0.05, 0.1) is 5.52 Å². The van der Waals surface area contributed by atoms with Crippen LogP contribution in [-0.4, -0.2) is 36.1 Å². The van der Waals surface area contributed by atoms with E-state index in [2.05, 4.69) is 47.4 Å². The lowest BCUT2D eigenvalue weighted by molar-refractivity contribution is 0.195. The molecule has 1 aromatic carbocycles. The Labute approximate surface area is 121 Å². The van der Waals surface area contributed by atoms with E-state index < -0.39 is 0 Å². The first-order valence-corrected chi connectivity index (χ1v) is 7.54. The van der Waals surface area contributed by atoms with Crippen LogP contribution in [0.3, 0.4) is 0 Å². The van der Waals surface area contributed by atoms with E-state index in [0.717, 1.165) is 12.1 Å². The molecule has 0 bridgehead atoms. The molecule has 0 spiro atoms. The third-order valence-corrected chi connectivity index (χ3v) is 4.42. The first-order valence-electron chi connectivity index (χ1n) is 7.54. The molecule has 1 aromatic heterocycles. The number of piperidine rings is 1. The lowest BCUT2D eigenvalue weighted by Crippen LogP contribution is -2.40. The first kappa shape index (κ1) is 13.4. The van der Waals surface area contributed by atoms with Crippen molar-refractivity contribution in [2.24, 2.45) is 0 Å². The number of hydrogen-bond acceptors (Lipinski definition) is 3. The standard InChI is InChI=1S/C17H23N3/c1-13-8-9-16(15-7-5-10-18-17(13)15)19-12-14-6-3-4-11-20(14)2/h5,7-10,14,19H,3-4,6,11-12H2,1-2H3. The summed E-state index contributed by atoms with van der Waals surface area (Å²) >= 11 is 0. The van der Waals surface area contributed by atoms with Crippen molar-refractivity contribution >= 4 is 16.6 Å². The second-order valence-electron chi connectivity index (χ2n) is 5.84. The second-order valence-corrected chi connectivity index (χ2v) is 5.84. The quantitative estimate of drug-likeness (QED) is 0.925. The molecule has 0 amide bonds. The predicted octanol–water partition coefficient (Wildman–Crippen LogP) is 3.44. The van der Waals surface area contributed by atoms with Gasteiger partial charge in [-0.1, -0.05) is 12.5 Å². The fourth-order valence-electron chi connectivity index (χ4n) is 3.10. The number of nitrogens with one attached hydrogen (secondary N) is 1. The van der Waals surface area contributed by atoms with Gasteiger partial charge >= 0.3 is 0 Å². The number of benzene rings is 1. The van der Waals surface area contributed by atoms with E-state index in [-0.39, 0.29) is 0 Å². The maximum atomic E-state index is 4.50. The smallest absolute Gasteiger partial charge is 0.0751 e. The van der Waals surface area contributed by atoms with Gasteiger partial charge in [0.25, 0.3) is 0 Å². The number of aromatic nitrogens is 1. The van der Waals surface area contributed by atoms with E-state index in [4.69, 9.17) is 0 Å².